The zero-order chi connectivity index (χ0) is 15.9. The zero-order valence-corrected chi connectivity index (χ0v) is 14.9. The van der Waals surface area contributed by atoms with Crippen molar-refractivity contribution in [3.05, 3.63) is 17.5 Å². The highest BCUT2D eigenvalue weighted by molar-refractivity contribution is 8.01. The molecule has 0 bridgehead atoms. The van der Waals surface area contributed by atoms with E-state index in [9.17, 15) is 4.79 Å². The molecule has 3 rings (SSSR count). The Bertz CT molecular complexity index is 613. The van der Waals surface area contributed by atoms with Gasteiger partial charge in [-0.25, -0.2) is 4.79 Å². The van der Waals surface area contributed by atoms with E-state index in [-0.39, 0.29) is 6.03 Å². The number of hydrogen-bond acceptors (Lipinski definition) is 7. The summed E-state index contributed by atoms with van der Waals surface area (Å²) in [5.74, 6) is 0.991. The summed E-state index contributed by atoms with van der Waals surface area (Å²) in [5.41, 5.74) is 0. The fraction of sp³-hybridized carbons (Fsp3) is 0.462. The lowest BCUT2D eigenvalue weighted by Gasteiger charge is -2.23. The first-order chi connectivity index (χ1) is 11.3. The quantitative estimate of drug-likeness (QED) is 0.525. The molecule has 3 N–H and O–H groups in total. The summed E-state index contributed by atoms with van der Waals surface area (Å²) in [5, 5.41) is 16.8. The van der Waals surface area contributed by atoms with Crippen molar-refractivity contribution >= 4 is 50.6 Å². The summed E-state index contributed by atoms with van der Waals surface area (Å²) < 4.78 is 6.23. The maximum Gasteiger partial charge on any atom is 0.326 e. The van der Waals surface area contributed by atoms with Gasteiger partial charge in [-0.3, -0.25) is 10.6 Å². The molecule has 2 amide bonds. The van der Waals surface area contributed by atoms with Crippen molar-refractivity contribution in [2.75, 3.05) is 49.2 Å². The second-order valence-corrected chi connectivity index (χ2v) is 8.16. The topological polar surface area (TPSA) is 80.6 Å². The van der Waals surface area contributed by atoms with Crippen molar-refractivity contribution in [2.24, 2.45) is 0 Å². The Morgan fingerprint density at radius 3 is 3.00 bits per heavy atom. The molecule has 3 heterocycles. The number of anilines is 2. The molecular weight excluding hydrogens is 354 g/mol. The van der Waals surface area contributed by atoms with Gasteiger partial charge in [-0.1, -0.05) is 23.1 Å². The van der Waals surface area contributed by atoms with Crippen molar-refractivity contribution in [3.63, 3.8) is 0 Å². The normalized spacial score (nSPS) is 15.5. The molecule has 0 atom stereocenters. The summed E-state index contributed by atoms with van der Waals surface area (Å²) in [6, 6.07) is 3.44. The van der Waals surface area contributed by atoms with Crippen molar-refractivity contribution in [1.82, 2.24) is 10.2 Å². The Hall–Kier alpha value is -1.20. The zero-order valence-electron chi connectivity index (χ0n) is 12.4. The summed E-state index contributed by atoms with van der Waals surface area (Å²) in [4.78, 5) is 13.4. The standard InChI is InChI=1S/C13H17N5O2S3/c19-11(14-10-2-1-8-21-10)15-12-16-17-13(23-12)22-9-5-18-3-6-20-7-4-18/h1-2,8H,3-7,9H2,(H2,14,15,16,19)/p+1. The number of quaternary nitrogens is 1. The average molecular weight is 373 g/mol. The SMILES string of the molecule is O=C(Nc1cccs1)Nc1nnc(SCC[NH+]2CCOCC2)s1. The van der Waals surface area contributed by atoms with Gasteiger partial charge in [0.2, 0.25) is 5.13 Å². The predicted molar refractivity (Wildman–Crippen MR) is 94.0 cm³/mol. The smallest absolute Gasteiger partial charge is 0.326 e. The number of rotatable bonds is 6. The van der Waals surface area contributed by atoms with E-state index >= 15 is 0 Å². The van der Waals surface area contributed by atoms with Crippen LogP contribution in [0.1, 0.15) is 0 Å². The van der Waals surface area contributed by atoms with E-state index < -0.39 is 0 Å². The molecule has 0 spiro atoms. The first-order valence-corrected chi connectivity index (χ1v) is 9.97. The lowest BCUT2D eigenvalue weighted by Crippen LogP contribution is -3.14. The van der Waals surface area contributed by atoms with Crippen LogP contribution in [0.5, 0.6) is 0 Å². The van der Waals surface area contributed by atoms with Crippen LogP contribution < -0.4 is 15.5 Å². The van der Waals surface area contributed by atoms with Crippen molar-refractivity contribution in [3.8, 4) is 0 Å². The number of nitrogens with one attached hydrogen (secondary N) is 3. The molecule has 10 heteroatoms. The Kier molecular flexibility index (Phi) is 6.22. The van der Waals surface area contributed by atoms with Gasteiger partial charge in [0.15, 0.2) is 4.34 Å². The molecule has 1 aliphatic rings. The van der Waals surface area contributed by atoms with Gasteiger partial charge in [0.25, 0.3) is 0 Å². The number of thiophene rings is 1. The molecule has 7 nitrogen and oxygen atoms in total. The van der Waals surface area contributed by atoms with Crippen LogP contribution in [-0.2, 0) is 4.74 Å². The number of carbonyl (C=O) groups is 1. The summed E-state index contributed by atoms with van der Waals surface area (Å²) in [6.45, 7) is 4.95. The van der Waals surface area contributed by atoms with Crippen LogP contribution in [0.3, 0.4) is 0 Å². The molecule has 1 aliphatic heterocycles. The Morgan fingerprint density at radius 1 is 1.35 bits per heavy atom. The van der Waals surface area contributed by atoms with E-state index in [1.807, 2.05) is 17.5 Å². The fourth-order valence-corrected chi connectivity index (χ4v) is 4.57. The van der Waals surface area contributed by atoms with Crippen LogP contribution >= 0.6 is 34.4 Å². The van der Waals surface area contributed by atoms with E-state index in [1.165, 1.54) is 22.7 Å². The number of morpholine rings is 1. The van der Waals surface area contributed by atoms with Crippen LogP contribution in [0.25, 0.3) is 0 Å². The highest BCUT2D eigenvalue weighted by Gasteiger charge is 2.14. The monoisotopic (exact) mass is 372 g/mol. The molecule has 0 aromatic carbocycles. The molecule has 1 saturated heterocycles. The maximum absolute atomic E-state index is 11.8. The minimum Gasteiger partial charge on any atom is -0.370 e. The molecule has 124 valence electrons. The average Bonchev–Trinajstić information content (AvgIpc) is 3.20. The molecule has 23 heavy (non-hydrogen) atoms. The molecule has 0 saturated carbocycles. The Labute approximate surface area is 146 Å². The number of aromatic nitrogens is 2. The maximum atomic E-state index is 11.8. The van der Waals surface area contributed by atoms with Crippen LogP contribution in [0, 0.1) is 0 Å². The minimum atomic E-state index is -0.294. The Morgan fingerprint density at radius 2 is 2.22 bits per heavy atom. The number of thioether (sulfide) groups is 1. The largest absolute Gasteiger partial charge is 0.370 e. The van der Waals surface area contributed by atoms with Gasteiger partial charge in [0, 0.05) is 5.75 Å². The van der Waals surface area contributed by atoms with Crippen LogP contribution in [0.15, 0.2) is 21.9 Å². The first-order valence-electron chi connectivity index (χ1n) is 7.29. The Balaban J connectivity index is 1.39. The van der Waals surface area contributed by atoms with Crippen LogP contribution in [-0.4, -0.2) is 54.8 Å². The fourth-order valence-electron chi connectivity index (χ4n) is 2.10. The molecule has 2 aromatic heterocycles. The van der Waals surface area contributed by atoms with Gasteiger partial charge in [0.1, 0.15) is 13.1 Å². The number of amides is 2. The minimum absolute atomic E-state index is 0.294. The van der Waals surface area contributed by atoms with Crippen molar-refractivity contribution in [2.45, 2.75) is 4.34 Å². The van der Waals surface area contributed by atoms with Gasteiger partial charge >= 0.3 is 6.03 Å². The number of urea groups is 1. The third-order valence-corrected chi connectivity index (χ3v) is 6.02. The predicted octanol–water partition coefficient (Wildman–Crippen LogP) is 1.25. The van der Waals surface area contributed by atoms with E-state index in [4.69, 9.17) is 4.74 Å². The third kappa shape index (κ3) is 5.43. The first kappa shape index (κ1) is 16.7. The summed E-state index contributed by atoms with van der Waals surface area (Å²) >= 11 is 4.55. The summed E-state index contributed by atoms with van der Waals surface area (Å²) in [7, 11) is 0. The molecule has 0 unspecified atom stereocenters. The second-order valence-electron chi connectivity index (χ2n) is 4.89. The molecular formula is C13H18N5O2S3+. The van der Waals surface area contributed by atoms with Crippen molar-refractivity contribution < 1.29 is 14.4 Å². The number of hydrogen-bond donors (Lipinski definition) is 3. The number of nitrogens with zero attached hydrogens (tertiary/aromatic N) is 2. The highest BCUT2D eigenvalue weighted by Crippen LogP contribution is 2.25. The lowest BCUT2D eigenvalue weighted by molar-refractivity contribution is -0.905. The molecule has 0 radical (unpaired) electrons. The highest BCUT2D eigenvalue weighted by atomic mass is 32.2. The molecule has 1 fully saturated rings. The van der Waals surface area contributed by atoms with E-state index in [0.717, 1.165) is 47.9 Å². The third-order valence-electron chi connectivity index (χ3n) is 3.27. The molecule has 2 aromatic rings. The summed E-state index contributed by atoms with van der Waals surface area (Å²) in [6.07, 6.45) is 0. The van der Waals surface area contributed by atoms with E-state index in [2.05, 4.69) is 20.8 Å². The number of ether oxygens (including phenoxy) is 1. The van der Waals surface area contributed by atoms with E-state index in [1.54, 1.807) is 16.7 Å². The van der Waals surface area contributed by atoms with Gasteiger partial charge < -0.3 is 9.64 Å². The number of carbonyl (C=O) groups excluding carboxylic acids is 1. The van der Waals surface area contributed by atoms with Crippen molar-refractivity contribution in [1.29, 1.82) is 0 Å². The van der Waals surface area contributed by atoms with Gasteiger partial charge in [-0.2, -0.15) is 0 Å². The lowest BCUT2D eigenvalue weighted by atomic mass is 10.4. The van der Waals surface area contributed by atoms with Gasteiger partial charge in [-0.05, 0) is 17.5 Å². The molecule has 0 aliphatic carbocycles. The van der Waals surface area contributed by atoms with E-state index in [0.29, 0.717) is 5.13 Å². The second kappa shape index (κ2) is 8.60. The van der Waals surface area contributed by atoms with Crippen LogP contribution in [0.2, 0.25) is 0 Å². The van der Waals surface area contributed by atoms with Gasteiger partial charge in [0.05, 0.1) is 24.8 Å². The van der Waals surface area contributed by atoms with Gasteiger partial charge in [-0.15, -0.1) is 21.5 Å². The van der Waals surface area contributed by atoms with Crippen LogP contribution in [0.4, 0.5) is 14.9 Å².